The van der Waals surface area contributed by atoms with Crippen molar-refractivity contribution >= 4 is 44.5 Å². The van der Waals surface area contributed by atoms with Gasteiger partial charge in [-0.1, -0.05) is 49.2 Å². The number of amidine groups is 1. The average Bonchev–Trinajstić information content (AvgIpc) is 3.10. The van der Waals surface area contributed by atoms with Gasteiger partial charge >= 0.3 is 0 Å². The molecule has 34 heavy (non-hydrogen) atoms. The monoisotopic (exact) mass is 503 g/mol. The van der Waals surface area contributed by atoms with Crippen LogP contribution in [0.15, 0.2) is 57.8 Å². The molecule has 0 unspecified atom stereocenters. The minimum absolute atomic E-state index is 0.0786. The number of carbonyl (C=O) groups excluding carboxylic acids is 2. The van der Waals surface area contributed by atoms with Crippen LogP contribution in [0.5, 0.6) is 0 Å². The van der Waals surface area contributed by atoms with Gasteiger partial charge in [-0.2, -0.15) is 8.42 Å². The van der Waals surface area contributed by atoms with Crippen LogP contribution in [-0.4, -0.2) is 41.6 Å². The Labute approximate surface area is 202 Å². The molecular formula is C24H26FN3O4S2. The van der Waals surface area contributed by atoms with Crippen molar-refractivity contribution in [3.63, 3.8) is 0 Å². The van der Waals surface area contributed by atoms with E-state index in [2.05, 4.69) is 9.71 Å². The van der Waals surface area contributed by atoms with Gasteiger partial charge in [0, 0.05) is 18.2 Å². The Balaban J connectivity index is 1.58. The first-order valence-electron chi connectivity index (χ1n) is 11.2. The molecule has 0 bridgehead atoms. The van der Waals surface area contributed by atoms with Crippen molar-refractivity contribution in [2.75, 3.05) is 5.32 Å². The van der Waals surface area contributed by atoms with Crippen LogP contribution in [0.3, 0.4) is 0 Å². The molecule has 0 radical (unpaired) electrons. The maximum absolute atomic E-state index is 13.3. The van der Waals surface area contributed by atoms with Crippen molar-refractivity contribution in [3.8, 4) is 0 Å². The zero-order valence-corrected chi connectivity index (χ0v) is 20.4. The molecule has 2 aliphatic rings. The lowest BCUT2D eigenvalue weighted by Crippen LogP contribution is -2.42. The quantitative estimate of drug-likeness (QED) is 0.627. The minimum atomic E-state index is -4.16. The molecule has 0 spiro atoms. The lowest BCUT2D eigenvalue weighted by atomic mass is 9.94. The summed E-state index contributed by atoms with van der Waals surface area (Å²) in [6.07, 6.45) is 4.35. The Kier molecular flexibility index (Phi) is 7.37. The SMILES string of the molecule is Cc1ccccc1NC(=O)C[C@@H]1SC(=NS(=O)(=O)c2ccc(F)cc2)N(C2CCCCC2)C1=O. The van der Waals surface area contributed by atoms with Crippen molar-refractivity contribution in [1.29, 1.82) is 0 Å². The zero-order chi connectivity index (χ0) is 24.3. The van der Waals surface area contributed by atoms with Crippen molar-refractivity contribution in [1.82, 2.24) is 4.90 Å². The van der Waals surface area contributed by atoms with E-state index >= 15 is 0 Å². The van der Waals surface area contributed by atoms with Crippen LogP contribution in [0.2, 0.25) is 0 Å². The van der Waals surface area contributed by atoms with Gasteiger partial charge in [0.1, 0.15) is 11.1 Å². The number of hydrogen-bond acceptors (Lipinski definition) is 5. The first-order chi connectivity index (χ1) is 16.2. The van der Waals surface area contributed by atoms with Gasteiger partial charge in [0.2, 0.25) is 11.8 Å². The maximum atomic E-state index is 13.3. The number of amides is 2. The van der Waals surface area contributed by atoms with E-state index in [4.69, 9.17) is 0 Å². The number of nitrogens with zero attached hydrogens (tertiary/aromatic N) is 2. The molecule has 1 atom stereocenters. The summed E-state index contributed by atoms with van der Waals surface area (Å²) < 4.78 is 43.0. The standard InChI is InChI=1S/C24H26FN3O4S2/c1-16-7-5-6-10-20(16)26-22(29)15-21-23(30)28(18-8-3-2-4-9-18)24(33-21)27-34(31,32)19-13-11-17(25)12-14-19/h5-7,10-14,18,21H,2-4,8-9,15H2,1H3,(H,26,29)/t21-/m0/s1. The predicted molar refractivity (Wildman–Crippen MR) is 131 cm³/mol. The molecule has 1 aliphatic carbocycles. The fourth-order valence-electron chi connectivity index (χ4n) is 4.20. The lowest BCUT2D eigenvalue weighted by Gasteiger charge is -2.30. The molecule has 10 heteroatoms. The first-order valence-corrected chi connectivity index (χ1v) is 13.5. The summed E-state index contributed by atoms with van der Waals surface area (Å²) in [7, 11) is -4.16. The second-order valence-electron chi connectivity index (χ2n) is 8.48. The van der Waals surface area contributed by atoms with Crippen molar-refractivity contribution in [2.24, 2.45) is 4.40 Å². The van der Waals surface area contributed by atoms with Crippen LogP contribution < -0.4 is 5.32 Å². The highest BCUT2D eigenvalue weighted by Crippen LogP contribution is 2.36. The largest absolute Gasteiger partial charge is 0.326 e. The molecule has 2 fully saturated rings. The number of anilines is 1. The van der Waals surface area contributed by atoms with Gasteiger partial charge in [-0.05, 0) is 55.7 Å². The molecule has 180 valence electrons. The summed E-state index contributed by atoms with van der Waals surface area (Å²) in [5, 5.41) is 2.14. The van der Waals surface area contributed by atoms with Crippen LogP contribution in [0.25, 0.3) is 0 Å². The summed E-state index contributed by atoms with van der Waals surface area (Å²) in [4.78, 5) is 27.4. The van der Waals surface area contributed by atoms with Gasteiger partial charge in [-0.25, -0.2) is 4.39 Å². The van der Waals surface area contributed by atoms with Crippen molar-refractivity contribution < 1.29 is 22.4 Å². The Morgan fingerprint density at radius 3 is 2.47 bits per heavy atom. The summed E-state index contributed by atoms with van der Waals surface area (Å²) in [6.45, 7) is 1.88. The van der Waals surface area contributed by atoms with Gasteiger partial charge in [0.15, 0.2) is 5.17 Å². The van der Waals surface area contributed by atoms with Crippen molar-refractivity contribution in [3.05, 3.63) is 59.9 Å². The van der Waals surface area contributed by atoms with Crippen molar-refractivity contribution in [2.45, 2.75) is 61.6 Å². The third kappa shape index (κ3) is 5.50. The molecule has 1 N–H and O–H groups in total. The number of para-hydroxylation sites is 1. The predicted octanol–water partition coefficient (Wildman–Crippen LogP) is 4.48. The molecule has 1 saturated carbocycles. The van der Waals surface area contributed by atoms with Crippen LogP contribution in [0.4, 0.5) is 10.1 Å². The van der Waals surface area contributed by atoms with Crippen LogP contribution in [0.1, 0.15) is 44.1 Å². The number of nitrogens with one attached hydrogen (secondary N) is 1. The Bertz CT molecular complexity index is 1210. The van der Waals surface area contributed by atoms with E-state index in [1.807, 2.05) is 25.1 Å². The highest BCUT2D eigenvalue weighted by atomic mass is 32.2. The van der Waals surface area contributed by atoms with Gasteiger partial charge in [0.25, 0.3) is 10.0 Å². The molecule has 4 rings (SSSR count). The fourth-order valence-corrected chi connectivity index (χ4v) is 6.60. The van der Waals surface area contributed by atoms with E-state index in [-0.39, 0.29) is 34.3 Å². The molecule has 2 amide bonds. The van der Waals surface area contributed by atoms with E-state index in [0.717, 1.165) is 73.7 Å². The second kappa shape index (κ2) is 10.3. The number of halogens is 1. The third-order valence-corrected chi connectivity index (χ3v) is 8.55. The Morgan fingerprint density at radius 2 is 1.79 bits per heavy atom. The van der Waals surface area contributed by atoms with Gasteiger partial charge in [0.05, 0.1) is 4.90 Å². The second-order valence-corrected chi connectivity index (χ2v) is 11.3. The van der Waals surface area contributed by atoms with E-state index in [1.54, 1.807) is 6.07 Å². The van der Waals surface area contributed by atoms with E-state index in [0.29, 0.717) is 5.69 Å². The number of thioether (sulfide) groups is 1. The fraction of sp³-hybridized carbons (Fsp3) is 0.375. The summed E-state index contributed by atoms with van der Waals surface area (Å²) in [6, 6.07) is 11.6. The zero-order valence-electron chi connectivity index (χ0n) is 18.7. The highest BCUT2D eigenvalue weighted by molar-refractivity contribution is 8.16. The topological polar surface area (TPSA) is 95.9 Å². The number of carbonyl (C=O) groups is 2. The molecule has 2 aromatic carbocycles. The van der Waals surface area contributed by atoms with Gasteiger partial charge in [-0.3, -0.25) is 14.5 Å². The Morgan fingerprint density at radius 1 is 1.12 bits per heavy atom. The van der Waals surface area contributed by atoms with E-state index in [1.165, 1.54) is 4.90 Å². The average molecular weight is 504 g/mol. The smallest absolute Gasteiger partial charge is 0.284 e. The normalized spacial score (nSPS) is 20.6. The van der Waals surface area contributed by atoms with Crippen LogP contribution in [0, 0.1) is 12.7 Å². The molecule has 1 aliphatic heterocycles. The lowest BCUT2D eigenvalue weighted by molar-refractivity contribution is -0.130. The minimum Gasteiger partial charge on any atom is -0.326 e. The highest BCUT2D eigenvalue weighted by Gasteiger charge is 2.43. The van der Waals surface area contributed by atoms with E-state index in [9.17, 15) is 22.4 Å². The molecule has 1 heterocycles. The first kappa shape index (κ1) is 24.4. The number of hydrogen-bond donors (Lipinski definition) is 1. The number of sulfonamides is 1. The number of aryl methyl sites for hydroxylation is 1. The van der Waals surface area contributed by atoms with Gasteiger partial charge < -0.3 is 5.32 Å². The summed E-state index contributed by atoms with van der Waals surface area (Å²) in [5.74, 6) is -1.18. The van der Waals surface area contributed by atoms with Gasteiger partial charge in [-0.15, -0.1) is 4.40 Å². The molecule has 7 nitrogen and oxygen atoms in total. The van der Waals surface area contributed by atoms with Crippen LogP contribution >= 0.6 is 11.8 Å². The number of benzene rings is 2. The van der Waals surface area contributed by atoms with Crippen LogP contribution in [-0.2, 0) is 19.6 Å². The summed E-state index contributed by atoms with van der Waals surface area (Å²) >= 11 is 1.00. The summed E-state index contributed by atoms with van der Waals surface area (Å²) in [5.41, 5.74) is 1.57. The van der Waals surface area contributed by atoms with E-state index < -0.39 is 21.1 Å². The third-order valence-electron chi connectivity index (χ3n) is 6.01. The number of rotatable bonds is 6. The molecular weight excluding hydrogens is 477 g/mol. The molecule has 1 saturated heterocycles. The molecule has 0 aromatic heterocycles. The Hall–Kier alpha value is -2.72. The molecule has 2 aromatic rings. The maximum Gasteiger partial charge on any atom is 0.284 e.